The standard InChI is InChI=1S/C14H26N4O2S/c1-5-7-12-16-13(15-8-6-2)11-14(17-12)18(3)9-10-21(4,19)20/h11H,5-10H2,1-4H3,(H,15,16,17). The number of anilines is 2. The number of sulfone groups is 1. The first-order valence-electron chi connectivity index (χ1n) is 7.36. The van der Waals surface area contributed by atoms with Crippen LogP contribution in [0.2, 0.25) is 0 Å². The van der Waals surface area contributed by atoms with Crippen molar-refractivity contribution in [2.75, 3.05) is 42.4 Å². The van der Waals surface area contributed by atoms with E-state index in [9.17, 15) is 8.42 Å². The molecule has 0 bridgehead atoms. The van der Waals surface area contributed by atoms with E-state index in [1.54, 1.807) is 0 Å². The van der Waals surface area contributed by atoms with Crippen molar-refractivity contribution in [2.24, 2.45) is 0 Å². The number of hydrogen-bond donors (Lipinski definition) is 1. The van der Waals surface area contributed by atoms with Gasteiger partial charge in [0.05, 0.1) is 5.75 Å². The van der Waals surface area contributed by atoms with Crippen molar-refractivity contribution in [1.29, 1.82) is 0 Å². The van der Waals surface area contributed by atoms with Crippen LogP contribution in [0.3, 0.4) is 0 Å². The van der Waals surface area contributed by atoms with Gasteiger partial charge in [-0.15, -0.1) is 0 Å². The van der Waals surface area contributed by atoms with Gasteiger partial charge in [-0.05, 0) is 12.8 Å². The average molecular weight is 314 g/mol. The number of aryl methyl sites for hydroxylation is 1. The summed E-state index contributed by atoms with van der Waals surface area (Å²) in [5.41, 5.74) is 0. The third-order valence-corrected chi connectivity index (χ3v) is 3.90. The van der Waals surface area contributed by atoms with Gasteiger partial charge in [0, 0.05) is 38.9 Å². The van der Waals surface area contributed by atoms with E-state index in [-0.39, 0.29) is 5.75 Å². The van der Waals surface area contributed by atoms with E-state index < -0.39 is 9.84 Å². The van der Waals surface area contributed by atoms with Gasteiger partial charge in [-0.2, -0.15) is 0 Å². The molecular weight excluding hydrogens is 288 g/mol. The quantitative estimate of drug-likeness (QED) is 0.748. The van der Waals surface area contributed by atoms with Gasteiger partial charge < -0.3 is 10.2 Å². The van der Waals surface area contributed by atoms with E-state index in [0.29, 0.717) is 6.54 Å². The molecule has 1 rings (SSSR count). The zero-order valence-electron chi connectivity index (χ0n) is 13.4. The molecule has 1 aromatic rings. The van der Waals surface area contributed by atoms with Gasteiger partial charge >= 0.3 is 0 Å². The maximum absolute atomic E-state index is 11.3. The molecule has 21 heavy (non-hydrogen) atoms. The van der Waals surface area contributed by atoms with Crippen LogP contribution in [0.15, 0.2) is 6.07 Å². The predicted octanol–water partition coefficient (Wildman–Crippen LogP) is 1.73. The van der Waals surface area contributed by atoms with Crippen LogP contribution in [0, 0.1) is 0 Å². The number of nitrogens with one attached hydrogen (secondary N) is 1. The highest BCUT2D eigenvalue weighted by Crippen LogP contribution is 2.16. The fourth-order valence-corrected chi connectivity index (χ4v) is 2.38. The van der Waals surface area contributed by atoms with Gasteiger partial charge in [-0.25, -0.2) is 18.4 Å². The topological polar surface area (TPSA) is 75.2 Å². The summed E-state index contributed by atoms with van der Waals surface area (Å²) in [6.07, 6.45) is 4.06. The van der Waals surface area contributed by atoms with Crippen molar-refractivity contribution >= 4 is 21.5 Å². The van der Waals surface area contributed by atoms with Crippen LogP contribution in [0.5, 0.6) is 0 Å². The van der Waals surface area contributed by atoms with Gasteiger partial charge in [-0.3, -0.25) is 0 Å². The first-order chi connectivity index (χ1) is 9.85. The molecule has 1 aromatic heterocycles. The van der Waals surface area contributed by atoms with Crippen molar-refractivity contribution in [2.45, 2.75) is 33.1 Å². The van der Waals surface area contributed by atoms with Crippen molar-refractivity contribution in [3.05, 3.63) is 11.9 Å². The summed E-state index contributed by atoms with van der Waals surface area (Å²) in [6.45, 7) is 5.46. The van der Waals surface area contributed by atoms with Crippen LogP contribution in [-0.4, -0.2) is 50.5 Å². The van der Waals surface area contributed by atoms with Gasteiger partial charge in [-0.1, -0.05) is 13.8 Å². The normalized spacial score (nSPS) is 11.4. The summed E-state index contributed by atoms with van der Waals surface area (Å²) in [5, 5.41) is 3.26. The Morgan fingerprint density at radius 3 is 2.52 bits per heavy atom. The third kappa shape index (κ3) is 6.75. The van der Waals surface area contributed by atoms with E-state index >= 15 is 0 Å². The van der Waals surface area contributed by atoms with E-state index in [4.69, 9.17) is 0 Å². The molecular formula is C14H26N4O2S. The summed E-state index contributed by atoms with van der Waals surface area (Å²) in [7, 11) is -1.12. The van der Waals surface area contributed by atoms with Crippen molar-refractivity contribution in [1.82, 2.24) is 9.97 Å². The lowest BCUT2D eigenvalue weighted by molar-refractivity contribution is 0.601. The molecule has 0 aromatic carbocycles. The highest BCUT2D eigenvalue weighted by Gasteiger charge is 2.10. The molecule has 0 aliphatic rings. The number of aromatic nitrogens is 2. The Kier molecular flexibility index (Phi) is 6.87. The monoisotopic (exact) mass is 314 g/mol. The first-order valence-corrected chi connectivity index (χ1v) is 9.42. The van der Waals surface area contributed by atoms with Gasteiger partial charge in [0.1, 0.15) is 27.3 Å². The second-order valence-corrected chi connectivity index (χ2v) is 7.52. The Balaban J connectivity index is 2.89. The molecule has 120 valence electrons. The summed E-state index contributed by atoms with van der Waals surface area (Å²) < 4.78 is 22.5. The smallest absolute Gasteiger partial charge is 0.149 e. The van der Waals surface area contributed by atoms with Gasteiger partial charge in [0.25, 0.3) is 0 Å². The molecule has 7 heteroatoms. The minimum absolute atomic E-state index is 0.119. The SMILES string of the molecule is CCCNc1cc(N(C)CCS(C)(=O)=O)nc(CCC)n1. The Hall–Kier alpha value is -1.37. The minimum Gasteiger partial charge on any atom is -0.370 e. The van der Waals surface area contributed by atoms with Crippen LogP contribution in [0.1, 0.15) is 32.5 Å². The molecule has 0 amide bonds. The predicted molar refractivity (Wildman–Crippen MR) is 87.8 cm³/mol. The van der Waals surface area contributed by atoms with Crippen molar-refractivity contribution in [3.63, 3.8) is 0 Å². The Morgan fingerprint density at radius 2 is 1.95 bits per heavy atom. The molecule has 0 unspecified atom stereocenters. The molecule has 1 N–H and O–H groups in total. The van der Waals surface area contributed by atoms with Gasteiger partial charge in [0.15, 0.2) is 0 Å². The van der Waals surface area contributed by atoms with Crippen LogP contribution in [-0.2, 0) is 16.3 Å². The number of nitrogens with zero attached hydrogens (tertiary/aromatic N) is 3. The molecule has 0 atom stereocenters. The lowest BCUT2D eigenvalue weighted by Gasteiger charge is -2.19. The molecule has 0 fully saturated rings. The largest absolute Gasteiger partial charge is 0.370 e. The summed E-state index contributed by atoms with van der Waals surface area (Å²) in [6, 6.07) is 1.87. The Morgan fingerprint density at radius 1 is 1.24 bits per heavy atom. The molecule has 0 saturated carbocycles. The van der Waals surface area contributed by atoms with E-state index in [1.165, 1.54) is 6.26 Å². The molecule has 6 nitrogen and oxygen atoms in total. The second kappa shape index (κ2) is 8.17. The summed E-state index contributed by atoms with van der Waals surface area (Å²) in [5.74, 6) is 2.47. The zero-order valence-corrected chi connectivity index (χ0v) is 14.2. The molecule has 0 aliphatic heterocycles. The molecule has 0 radical (unpaired) electrons. The first kappa shape index (κ1) is 17.7. The van der Waals surface area contributed by atoms with Crippen LogP contribution in [0.4, 0.5) is 11.6 Å². The summed E-state index contributed by atoms with van der Waals surface area (Å²) >= 11 is 0. The molecule has 0 spiro atoms. The van der Waals surface area contributed by atoms with E-state index in [1.807, 2.05) is 18.0 Å². The van der Waals surface area contributed by atoms with E-state index in [2.05, 4.69) is 29.1 Å². The lowest BCUT2D eigenvalue weighted by Crippen LogP contribution is -2.26. The minimum atomic E-state index is -2.97. The van der Waals surface area contributed by atoms with Crippen LogP contribution in [0.25, 0.3) is 0 Å². The van der Waals surface area contributed by atoms with Gasteiger partial charge in [0.2, 0.25) is 0 Å². The van der Waals surface area contributed by atoms with Crippen molar-refractivity contribution < 1.29 is 8.42 Å². The van der Waals surface area contributed by atoms with Crippen LogP contribution < -0.4 is 10.2 Å². The van der Waals surface area contributed by atoms with E-state index in [0.717, 1.165) is 43.3 Å². The molecule has 0 aliphatic carbocycles. The lowest BCUT2D eigenvalue weighted by atomic mass is 10.3. The van der Waals surface area contributed by atoms with Crippen LogP contribution >= 0.6 is 0 Å². The van der Waals surface area contributed by atoms with Crippen molar-refractivity contribution in [3.8, 4) is 0 Å². The summed E-state index contributed by atoms with van der Waals surface area (Å²) in [4.78, 5) is 10.9. The average Bonchev–Trinajstić information content (AvgIpc) is 2.42. The highest BCUT2D eigenvalue weighted by atomic mass is 32.2. The highest BCUT2D eigenvalue weighted by molar-refractivity contribution is 7.90. The second-order valence-electron chi connectivity index (χ2n) is 5.26. The Bertz CT molecular complexity index is 546. The maximum Gasteiger partial charge on any atom is 0.149 e. The fourth-order valence-electron chi connectivity index (χ4n) is 1.77. The number of rotatable bonds is 9. The third-order valence-electron chi connectivity index (χ3n) is 2.98. The zero-order chi connectivity index (χ0) is 15.9. The molecule has 1 heterocycles. The maximum atomic E-state index is 11.3. The Labute approximate surface area is 127 Å². The molecule has 0 saturated heterocycles. The number of hydrogen-bond acceptors (Lipinski definition) is 6. The fraction of sp³-hybridized carbons (Fsp3) is 0.714.